The molecule has 4 nitrogen and oxygen atoms in total. The minimum atomic E-state index is 0.575. The number of rotatable bonds is 2. The Hall–Kier alpha value is -1.03. The third-order valence-corrected chi connectivity index (χ3v) is 3.30. The summed E-state index contributed by atoms with van der Waals surface area (Å²) >= 11 is 0. The number of nitrogens with one attached hydrogen (secondary N) is 1. The van der Waals surface area contributed by atoms with Gasteiger partial charge in [0, 0.05) is 12.5 Å². The standard InChI is InChI=1S/C11H16N4/c1-4-9-10(5-1)14-15-11(13-9)7-8-3-2-6-12-8/h8,12H,1-7H2. The summed E-state index contributed by atoms with van der Waals surface area (Å²) in [7, 11) is 0. The fourth-order valence-corrected chi connectivity index (χ4v) is 2.47. The van der Waals surface area contributed by atoms with Gasteiger partial charge in [0.05, 0.1) is 11.4 Å². The van der Waals surface area contributed by atoms with Crippen LogP contribution in [-0.4, -0.2) is 27.8 Å². The normalized spacial score (nSPS) is 24.4. The van der Waals surface area contributed by atoms with Crippen molar-refractivity contribution in [2.45, 2.75) is 44.6 Å². The fourth-order valence-electron chi connectivity index (χ4n) is 2.47. The number of hydrogen-bond donors (Lipinski definition) is 1. The predicted molar refractivity (Wildman–Crippen MR) is 56.6 cm³/mol. The molecule has 3 rings (SSSR count). The Labute approximate surface area is 89.5 Å². The van der Waals surface area contributed by atoms with Crippen LogP contribution in [0.3, 0.4) is 0 Å². The summed E-state index contributed by atoms with van der Waals surface area (Å²) in [6.07, 6.45) is 6.83. The van der Waals surface area contributed by atoms with Crippen LogP contribution >= 0.6 is 0 Å². The van der Waals surface area contributed by atoms with Crippen molar-refractivity contribution in [1.82, 2.24) is 20.5 Å². The summed E-state index contributed by atoms with van der Waals surface area (Å²) < 4.78 is 0. The molecule has 1 atom stereocenters. The highest BCUT2D eigenvalue weighted by Crippen LogP contribution is 2.17. The lowest BCUT2D eigenvalue weighted by Gasteiger charge is -2.08. The van der Waals surface area contributed by atoms with Crippen LogP contribution in [0.5, 0.6) is 0 Å². The molecule has 1 unspecified atom stereocenters. The Morgan fingerprint density at radius 2 is 2.07 bits per heavy atom. The van der Waals surface area contributed by atoms with Gasteiger partial charge in [0.1, 0.15) is 0 Å². The van der Waals surface area contributed by atoms with E-state index in [0.717, 1.165) is 37.3 Å². The van der Waals surface area contributed by atoms with Gasteiger partial charge in [0.2, 0.25) is 0 Å². The molecule has 2 heterocycles. The van der Waals surface area contributed by atoms with E-state index in [9.17, 15) is 0 Å². The van der Waals surface area contributed by atoms with Crippen molar-refractivity contribution in [1.29, 1.82) is 0 Å². The van der Waals surface area contributed by atoms with Crippen LogP contribution in [0.15, 0.2) is 0 Å². The maximum atomic E-state index is 4.60. The van der Waals surface area contributed by atoms with Gasteiger partial charge < -0.3 is 5.32 Å². The van der Waals surface area contributed by atoms with E-state index in [1.54, 1.807) is 0 Å². The van der Waals surface area contributed by atoms with Crippen molar-refractivity contribution in [3.63, 3.8) is 0 Å². The molecule has 0 saturated carbocycles. The molecular weight excluding hydrogens is 188 g/mol. The molecule has 1 fully saturated rings. The lowest BCUT2D eigenvalue weighted by Crippen LogP contribution is -2.25. The first-order chi connectivity index (χ1) is 7.42. The first kappa shape index (κ1) is 9.21. The van der Waals surface area contributed by atoms with Gasteiger partial charge in [-0.3, -0.25) is 0 Å². The van der Waals surface area contributed by atoms with Crippen molar-refractivity contribution in [3.05, 3.63) is 17.2 Å². The zero-order chi connectivity index (χ0) is 10.1. The maximum absolute atomic E-state index is 4.60. The number of hydrogen-bond acceptors (Lipinski definition) is 4. The molecule has 0 aromatic carbocycles. The molecule has 0 amide bonds. The molecule has 15 heavy (non-hydrogen) atoms. The first-order valence-corrected chi connectivity index (χ1v) is 5.86. The summed E-state index contributed by atoms with van der Waals surface area (Å²) in [5.74, 6) is 0.926. The number of aromatic nitrogens is 3. The smallest absolute Gasteiger partial charge is 0.152 e. The Morgan fingerprint density at radius 1 is 1.13 bits per heavy atom. The average molecular weight is 204 g/mol. The molecule has 1 aliphatic heterocycles. The summed E-state index contributed by atoms with van der Waals surface area (Å²) in [4.78, 5) is 4.60. The van der Waals surface area contributed by atoms with Crippen molar-refractivity contribution in [2.24, 2.45) is 0 Å². The molecule has 0 radical (unpaired) electrons. The predicted octanol–water partition coefficient (Wildman–Crippen LogP) is 0.655. The van der Waals surface area contributed by atoms with E-state index in [0.29, 0.717) is 6.04 Å². The van der Waals surface area contributed by atoms with Gasteiger partial charge in [0.25, 0.3) is 0 Å². The van der Waals surface area contributed by atoms with Crippen LogP contribution in [-0.2, 0) is 19.3 Å². The third kappa shape index (κ3) is 1.86. The van der Waals surface area contributed by atoms with E-state index in [1.807, 2.05) is 0 Å². The van der Waals surface area contributed by atoms with Crippen molar-refractivity contribution < 1.29 is 0 Å². The quantitative estimate of drug-likeness (QED) is 0.768. The zero-order valence-electron chi connectivity index (χ0n) is 8.87. The second-order valence-electron chi connectivity index (χ2n) is 4.47. The molecule has 1 aliphatic carbocycles. The molecule has 0 bridgehead atoms. The Bertz CT molecular complexity index is 358. The molecule has 1 N–H and O–H groups in total. The largest absolute Gasteiger partial charge is 0.314 e. The van der Waals surface area contributed by atoms with E-state index in [-0.39, 0.29) is 0 Å². The number of aryl methyl sites for hydroxylation is 2. The summed E-state index contributed by atoms with van der Waals surface area (Å²) in [5, 5.41) is 11.9. The fraction of sp³-hybridized carbons (Fsp3) is 0.727. The van der Waals surface area contributed by atoms with Gasteiger partial charge in [0.15, 0.2) is 5.82 Å². The van der Waals surface area contributed by atoms with Gasteiger partial charge in [-0.1, -0.05) is 0 Å². The van der Waals surface area contributed by atoms with Crippen molar-refractivity contribution in [2.75, 3.05) is 6.54 Å². The minimum Gasteiger partial charge on any atom is -0.314 e. The molecular formula is C11H16N4. The van der Waals surface area contributed by atoms with Gasteiger partial charge in [-0.05, 0) is 38.6 Å². The van der Waals surface area contributed by atoms with E-state index < -0.39 is 0 Å². The van der Waals surface area contributed by atoms with Crippen LogP contribution in [0, 0.1) is 0 Å². The molecule has 2 aliphatic rings. The first-order valence-electron chi connectivity index (χ1n) is 5.86. The highest BCUT2D eigenvalue weighted by atomic mass is 15.2. The van der Waals surface area contributed by atoms with Gasteiger partial charge >= 0.3 is 0 Å². The zero-order valence-corrected chi connectivity index (χ0v) is 8.87. The number of nitrogens with zero attached hydrogens (tertiary/aromatic N) is 3. The van der Waals surface area contributed by atoms with E-state index in [4.69, 9.17) is 0 Å². The Morgan fingerprint density at radius 3 is 2.93 bits per heavy atom. The van der Waals surface area contributed by atoms with E-state index >= 15 is 0 Å². The second-order valence-corrected chi connectivity index (χ2v) is 4.47. The highest BCUT2D eigenvalue weighted by molar-refractivity contribution is 5.16. The summed E-state index contributed by atoms with van der Waals surface area (Å²) in [6, 6.07) is 0.575. The monoisotopic (exact) mass is 204 g/mol. The second kappa shape index (κ2) is 3.85. The van der Waals surface area contributed by atoms with E-state index in [2.05, 4.69) is 20.5 Å². The Balaban J connectivity index is 1.75. The lowest BCUT2D eigenvalue weighted by molar-refractivity contribution is 0.576. The molecule has 4 heteroatoms. The third-order valence-electron chi connectivity index (χ3n) is 3.30. The molecule has 80 valence electrons. The molecule has 0 spiro atoms. The van der Waals surface area contributed by atoms with Crippen LogP contribution < -0.4 is 5.32 Å². The maximum Gasteiger partial charge on any atom is 0.152 e. The van der Waals surface area contributed by atoms with Crippen LogP contribution in [0.1, 0.15) is 36.5 Å². The Kier molecular flexibility index (Phi) is 2.37. The average Bonchev–Trinajstić information content (AvgIpc) is 2.87. The van der Waals surface area contributed by atoms with Crippen LogP contribution in [0.2, 0.25) is 0 Å². The molecule has 1 aromatic heterocycles. The van der Waals surface area contributed by atoms with Crippen LogP contribution in [0.25, 0.3) is 0 Å². The summed E-state index contributed by atoms with van der Waals surface area (Å²) in [5.41, 5.74) is 2.32. The van der Waals surface area contributed by atoms with Gasteiger partial charge in [-0.15, -0.1) is 5.10 Å². The lowest BCUT2D eigenvalue weighted by atomic mass is 10.1. The van der Waals surface area contributed by atoms with Gasteiger partial charge in [-0.2, -0.15) is 5.10 Å². The van der Waals surface area contributed by atoms with E-state index in [1.165, 1.54) is 25.0 Å². The topological polar surface area (TPSA) is 50.7 Å². The minimum absolute atomic E-state index is 0.575. The SMILES string of the molecule is C1Cc2nnc(CC3CCCN3)nc2C1. The van der Waals surface area contributed by atoms with Crippen molar-refractivity contribution >= 4 is 0 Å². The molecule has 1 saturated heterocycles. The summed E-state index contributed by atoms with van der Waals surface area (Å²) in [6.45, 7) is 1.14. The molecule has 1 aromatic rings. The van der Waals surface area contributed by atoms with Gasteiger partial charge in [-0.25, -0.2) is 4.98 Å². The highest BCUT2D eigenvalue weighted by Gasteiger charge is 2.19. The number of fused-ring (bicyclic) bond motifs is 1. The van der Waals surface area contributed by atoms with Crippen molar-refractivity contribution in [3.8, 4) is 0 Å². The van der Waals surface area contributed by atoms with Crippen LogP contribution in [0.4, 0.5) is 0 Å².